The van der Waals surface area contributed by atoms with Crippen LogP contribution in [0.2, 0.25) is 0 Å². The highest BCUT2D eigenvalue weighted by Crippen LogP contribution is 2.44. The first kappa shape index (κ1) is 40.0. The van der Waals surface area contributed by atoms with Crippen molar-refractivity contribution < 1.29 is 19.2 Å². The van der Waals surface area contributed by atoms with Crippen LogP contribution in [0.1, 0.15) is 132 Å². The smallest absolute Gasteiger partial charge is 0.262 e. The SMILES string of the molecule is Cc1ccc(Br)c(C(C(C)C)N2C(=O)c3ccccc3C2=O)c1.Cc1ccc2c(c1)[C@H](N)[C@@H](C)C2.Cc1ccc2c(c1)[C@H](N1C(=O)c3ccccc3C1=O)[C@@H](C)C2. The average molecular weight is 825 g/mol. The molecule has 5 aromatic carbocycles. The Hall–Kier alpha value is -5.18. The van der Waals surface area contributed by atoms with Gasteiger partial charge in [-0.25, -0.2) is 0 Å². The number of carbonyl (C=O) groups is 4. The number of nitrogens with zero attached hydrogens (tertiary/aromatic N) is 2. The maximum absolute atomic E-state index is 12.8. The van der Waals surface area contributed by atoms with Gasteiger partial charge >= 0.3 is 0 Å². The maximum atomic E-state index is 12.8. The van der Waals surface area contributed by atoms with E-state index in [1.54, 1.807) is 36.4 Å². The van der Waals surface area contributed by atoms with Gasteiger partial charge in [-0.1, -0.05) is 133 Å². The van der Waals surface area contributed by atoms with E-state index in [1.807, 2.05) is 58.0 Å². The van der Waals surface area contributed by atoms with Crippen LogP contribution in [0, 0.1) is 38.5 Å². The Morgan fingerprint density at radius 2 is 1.04 bits per heavy atom. The minimum atomic E-state index is -0.295. The van der Waals surface area contributed by atoms with Crippen molar-refractivity contribution in [2.24, 2.45) is 23.5 Å². The summed E-state index contributed by atoms with van der Waals surface area (Å²) in [7, 11) is 0. The van der Waals surface area contributed by atoms with Crippen LogP contribution < -0.4 is 5.73 Å². The minimum Gasteiger partial charge on any atom is -0.324 e. The van der Waals surface area contributed by atoms with Crippen molar-refractivity contribution >= 4 is 39.6 Å². The molecule has 0 fully saturated rings. The Labute approximate surface area is 344 Å². The molecule has 9 rings (SSSR count). The molecule has 2 heterocycles. The summed E-state index contributed by atoms with van der Waals surface area (Å²) in [5, 5.41) is 0. The van der Waals surface area contributed by atoms with Gasteiger partial charge in [0.25, 0.3) is 23.6 Å². The van der Waals surface area contributed by atoms with Crippen molar-refractivity contribution in [3.8, 4) is 0 Å². The second-order valence-corrected chi connectivity index (χ2v) is 17.4. The van der Waals surface area contributed by atoms with Crippen LogP contribution >= 0.6 is 15.9 Å². The monoisotopic (exact) mass is 823 g/mol. The molecule has 4 amide bonds. The first-order chi connectivity index (χ1) is 27.2. The van der Waals surface area contributed by atoms with Gasteiger partial charge < -0.3 is 5.73 Å². The van der Waals surface area contributed by atoms with Crippen LogP contribution in [-0.2, 0) is 12.8 Å². The zero-order valence-corrected chi connectivity index (χ0v) is 35.3. The molecule has 5 atom stereocenters. The zero-order chi connectivity index (χ0) is 40.9. The number of fused-ring (bicyclic) bond motifs is 4. The minimum absolute atomic E-state index is 0.107. The molecule has 7 nitrogen and oxygen atoms in total. The van der Waals surface area contributed by atoms with Crippen LogP contribution in [0.15, 0.2) is 108 Å². The molecular weight excluding hydrogens is 774 g/mol. The fraction of sp³-hybridized carbons (Fsp3) is 0.306. The fourth-order valence-electron chi connectivity index (χ4n) is 8.93. The van der Waals surface area contributed by atoms with Gasteiger partial charge in [0, 0.05) is 10.5 Å². The van der Waals surface area contributed by atoms with Gasteiger partial charge in [-0.2, -0.15) is 0 Å². The van der Waals surface area contributed by atoms with Gasteiger partial charge in [0.15, 0.2) is 0 Å². The van der Waals surface area contributed by atoms with E-state index in [0.29, 0.717) is 28.2 Å². The molecule has 2 aliphatic carbocycles. The number of rotatable bonds is 4. The Morgan fingerprint density at radius 1 is 0.596 bits per heavy atom. The quantitative estimate of drug-likeness (QED) is 0.182. The van der Waals surface area contributed by atoms with Crippen LogP contribution in [-0.4, -0.2) is 33.4 Å². The number of amides is 4. The van der Waals surface area contributed by atoms with Crippen molar-refractivity contribution in [1.29, 1.82) is 0 Å². The van der Waals surface area contributed by atoms with Crippen molar-refractivity contribution in [2.45, 2.75) is 79.4 Å². The van der Waals surface area contributed by atoms with Gasteiger partial charge in [-0.05, 0) is 110 Å². The second-order valence-electron chi connectivity index (χ2n) is 16.5. The predicted molar refractivity (Wildman–Crippen MR) is 228 cm³/mol. The van der Waals surface area contributed by atoms with Crippen LogP contribution in [0.25, 0.3) is 0 Å². The lowest BCUT2D eigenvalue weighted by atomic mass is 9.93. The number of benzene rings is 5. The summed E-state index contributed by atoms with van der Waals surface area (Å²) in [5.74, 6) is 0.227. The van der Waals surface area contributed by atoms with Crippen molar-refractivity contribution in [3.05, 3.63) is 174 Å². The van der Waals surface area contributed by atoms with Crippen LogP contribution in [0.5, 0.6) is 0 Å². The number of imide groups is 2. The Bertz CT molecular complexity index is 2350. The third-order valence-electron chi connectivity index (χ3n) is 11.8. The van der Waals surface area contributed by atoms with Crippen LogP contribution in [0.3, 0.4) is 0 Å². The molecule has 0 saturated carbocycles. The summed E-state index contributed by atoms with van der Waals surface area (Å²) in [5.41, 5.74) is 17.8. The highest BCUT2D eigenvalue weighted by atomic mass is 79.9. The normalized spacial score (nSPS) is 20.7. The summed E-state index contributed by atoms with van der Waals surface area (Å²) in [6.45, 7) is 14.6. The van der Waals surface area contributed by atoms with Gasteiger partial charge in [-0.3, -0.25) is 29.0 Å². The average Bonchev–Trinajstić information content (AvgIpc) is 3.83. The molecule has 57 heavy (non-hydrogen) atoms. The molecule has 0 radical (unpaired) electrons. The largest absolute Gasteiger partial charge is 0.324 e. The molecular formula is C49H50BrN3O4. The number of hydrogen-bond donors (Lipinski definition) is 1. The Balaban J connectivity index is 0.000000137. The molecule has 2 aliphatic heterocycles. The summed E-state index contributed by atoms with van der Waals surface area (Å²) < 4.78 is 0.915. The van der Waals surface area contributed by atoms with Gasteiger partial charge in [0.2, 0.25) is 0 Å². The van der Waals surface area contributed by atoms with Crippen molar-refractivity contribution in [2.75, 3.05) is 0 Å². The highest BCUT2D eigenvalue weighted by Gasteiger charge is 2.45. The molecule has 8 heteroatoms. The second kappa shape index (κ2) is 16.0. The van der Waals surface area contributed by atoms with E-state index in [4.69, 9.17) is 5.73 Å². The summed E-state index contributed by atoms with van der Waals surface area (Å²) in [6, 6.07) is 32.9. The topological polar surface area (TPSA) is 101 Å². The number of hydrogen-bond acceptors (Lipinski definition) is 5. The van der Waals surface area contributed by atoms with E-state index in [2.05, 4.69) is 73.1 Å². The molecule has 0 spiro atoms. The summed E-state index contributed by atoms with van der Waals surface area (Å²) in [4.78, 5) is 54.0. The molecule has 0 bridgehead atoms. The third kappa shape index (κ3) is 7.41. The first-order valence-electron chi connectivity index (χ1n) is 19.8. The number of nitrogens with two attached hydrogens (primary N) is 1. The summed E-state index contributed by atoms with van der Waals surface area (Å²) >= 11 is 3.57. The van der Waals surface area contributed by atoms with E-state index in [9.17, 15) is 19.2 Å². The van der Waals surface area contributed by atoms with Gasteiger partial charge in [0.05, 0.1) is 34.3 Å². The van der Waals surface area contributed by atoms with E-state index < -0.39 is 0 Å². The lowest BCUT2D eigenvalue weighted by molar-refractivity contribution is 0.0526. The Kier molecular flexibility index (Phi) is 11.2. The van der Waals surface area contributed by atoms with Crippen molar-refractivity contribution in [3.63, 3.8) is 0 Å². The summed E-state index contributed by atoms with van der Waals surface area (Å²) in [6.07, 6.45) is 2.06. The molecule has 1 unspecified atom stereocenters. The lowest BCUT2D eigenvalue weighted by Crippen LogP contribution is -2.37. The van der Waals surface area contributed by atoms with Gasteiger partial charge in [-0.15, -0.1) is 0 Å². The molecule has 4 aliphatic rings. The highest BCUT2D eigenvalue weighted by molar-refractivity contribution is 9.10. The predicted octanol–water partition coefficient (Wildman–Crippen LogP) is 10.5. The Morgan fingerprint density at radius 3 is 1.56 bits per heavy atom. The first-order valence-corrected chi connectivity index (χ1v) is 20.6. The number of carbonyl (C=O) groups excluding carboxylic acids is 4. The number of halogens is 1. The maximum Gasteiger partial charge on any atom is 0.262 e. The van der Waals surface area contributed by atoms with Crippen molar-refractivity contribution in [1.82, 2.24) is 9.80 Å². The third-order valence-corrected chi connectivity index (χ3v) is 12.5. The van der Waals surface area contributed by atoms with E-state index in [0.717, 1.165) is 39.6 Å². The van der Waals surface area contributed by atoms with Gasteiger partial charge in [0.1, 0.15) is 0 Å². The van der Waals surface area contributed by atoms with E-state index >= 15 is 0 Å². The van der Waals surface area contributed by atoms with Crippen LogP contribution in [0.4, 0.5) is 0 Å². The zero-order valence-electron chi connectivity index (χ0n) is 33.7. The standard InChI is InChI=1S/C19H18BrNO2.C19H17NO2.C11H15N/c1-11(2)17(15-10-12(3)8-9-16(15)20)21-18(22)13-6-4-5-7-14(13)19(21)23;1-11-7-8-13-10-12(2)17(16(13)9-11)20-18(21)14-5-3-4-6-15(14)19(20)22;1-7-3-4-9-6-8(2)11(12)10(9)5-7/h4-11,17H,1-3H3;3-9,12,17H,10H2,1-2H3;3-5,8,11H,6,12H2,1-2H3/t;12-,17+;8-,11+/m.00/s1. The van der Waals surface area contributed by atoms with E-state index in [1.165, 1.54) is 32.1 Å². The molecule has 0 saturated heterocycles. The fourth-order valence-corrected chi connectivity index (χ4v) is 9.41. The van der Waals surface area contributed by atoms with E-state index in [-0.39, 0.29) is 53.6 Å². The molecule has 2 N–H and O–H groups in total. The molecule has 5 aromatic rings. The lowest BCUT2D eigenvalue weighted by Gasteiger charge is -2.31. The number of aryl methyl sites for hydroxylation is 3. The molecule has 0 aromatic heterocycles. The molecule has 292 valence electrons.